The molecular formula is C11H12F4N2. The van der Waals surface area contributed by atoms with E-state index in [0.29, 0.717) is 6.54 Å². The summed E-state index contributed by atoms with van der Waals surface area (Å²) in [7, 11) is 0. The standard InChI is InChI=1S/C11H12F4N2/c1-6-4-2-3-5-17(6)9-7(12)10(14)16-11(15)8(9)13/h6H,2-5H2,1H3. The first-order valence-electron chi connectivity index (χ1n) is 5.49. The molecule has 0 bridgehead atoms. The van der Waals surface area contributed by atoms with E-state index in [-0.39, 0.29) is 6.04 Å². The lowest BCUT2D eigenvalue weighted by atomic mass is 10.0. The summed E-state index contributed by atoms with van der Waals surface area (Å²) in [6.45, 7) is 2.16. The van der Waals surface area contributed by atoms with E-state index in [9.17, 15) is 17.6 Å². The minimum absolute atomic E-state index is 0.144. The molecule has 6 heteroatoms. The second-order valence-electron chi connectivity index (χ2n) is 4.21. The van der Waals surface area contributed by atoms with Crippen LogP contribution in [0.5, 0.6) is 0 Å². The van der Waals surface area contributed by atoms with Crippen molar-refractivity contribution in [2.24, 2.45) is 0 Å². The summed E-state index contributed by atoms with van der Waals surface area (Å²) in [6.07, 6.45) is 2.43. The van der Waals surface area contributed by atoms with Crippen LogP contribution in [0.15, 0.2) is 0 Å². The van der Waals surface area contributed by atoms with Crippen molar-refractivity contribution in [2.75, 3.05) is 11.4 Å². The van der Waals surface area contributed by atoms with Crippen LogP contribution in [0.3, 0.4) is 0 Å². The molecule has 0 radical (unpaired) electrons. The van der Waals surface area contributed by atoms with E-state index in [4.69, 9.17) is 0 Å². The lowest BCUT2D eigenvalue weighted by Crippen LogP contribution is -2.39. The quantitative estimate of drug-likeness (QED) is 0.561. The smallest absolute Gasteiger partial charge is 0.253 e. The number of aromatic nitrogens is 1. The minimum Gasteiger partial charge on any atom is -0.364 e. The van der Waals surface area contributed by atoms with Crippen LogP contribution >= 0.6 is 0 Å². The molecule has 0 N–H and O–H groups in total. The van der Waals surface area contributed by atoms with Crippen LogP contribution in [0.1, 0.15) is 26.2 Å². The zero-order valence-electron chi connectivity index (χ0n) is 9.31. The van der Waals surface area contributed by atoms with Gasteiger partial charge < -0.3 is 4.90 Å². The summed E-state index contributed by atoms with van der Waals surface area (Å²) in [5.41, 5.74) is -0.637. The number of rotatable bonds is 1. The molecule has 2 heterocycles. The fraction of sp³-hybridized carbons (Fsp3) is 0.545. The second-order valence-corrected chi connectivity index (χ2v) is 4.21. The van der Waals surface area contributed by atoms with E-state index in [1.807, 2.05) is 0 Å². The van der Waals surface area contributed by atoms with Crippen LogP contribution in [0, 0.1) is 23.5 Å². The summed E-state index contributed by atoms with van der Waals surface area (Å²) in [4.78, 5) is 3.91. The molecule has 1 fully saturated rings. The van der Waals surface area contributed by atoms with Crippen molar-refractivity contribution < 1.29 is 17.6 Å². The molecule has 1 aromatic heterocycles. The maximum Gasteiger partial charge on any atom is 0.253 e. The largest absolute Gasteiger partial charge is 0.364 e. The van der Waals surface area contributed by atoms with Gasteiger partial charge in [0.25, 0.3) is 11.9 Å². The molecule has 0 aromatic carbocycles. The van der Waals surface area contributed by atoms with Gasteiger partial charge in [0.1, 0.15) is 5.69 Å². The van der Waals surface area contributed by atoms with Gasteiger partial charge in [0.05, 0.1) is 0 Å². The van der Waals surface area contributed by atoms with Crippen molar-refractivity contribution in [3.05, 3.63) is 23.5 Å². The molecule has 1 aliphatic rings. The molecule has 1 atom stereocenters. The SMILES string of the molecule is CC1CCCCN1c1c(F)c(F)nc(F)c1F. The summed E-state index contributed by atoms with van der Waals surface area (Å²) < 4.78 is 53.0. The second kappa shape index (κ2) is 4.50. The average Bonchev–Trinajstić information content (AvgIpc) is 2.29. The minimum atomic E-state index is -1.60. The van der Waals surface area contributed by atoms with Crippen LogP contribution < -0.4 is 4.90 Å². The summed E-state index contributed by atoms with van der Waals surface area (Å²) in [6, 6.07) is -0.144. The maximum absolute atomic E-state index is 13.5. The van der Waals surface area contributed by atoms with Crippen LogP contribution in [0.25, 0.3) is 0 Å². The molecule has 2 nitrogen and oxygen atoms in total. The Balaban J connectivity index is 2.49. The van der Waals surface area contributed by atoms with E-state index in [1.54, 1.807) is 6.92 Å². The topological polar surface area (TPSA) is 16.1 Å². The van der Waals surface area contributed by atoms with Gasteiger partial charge in [-0.1, -0.05) is 0 Å². The monoisotopic (exact) mass is 248 g/mol. The summed E-state index contributed by atoms with van der Waals surface area (Å²) in [5, 5.41) is 0. The van der Waals surface area contributed by atoms with E-state index in [1.165, 1.54) is 4.90 Å². The molecule has 2 rings (SSSR count). The number of nitrogens with zero attached hydrogens (tertiary/aromatic N) is 2. The Hall–Kier alpha value is -1.33. The maximum atomic E-state index is 13.5. The highest BCUT2D eigenvalue weighted by molar-refractivity contribution is 5.49. The third kappa shape index (κ3) is 2.08. The molecule has 1 saturated heterocycles. The van der Waals surface area contributed by atoms with Crippen molar-refractivity contribution in [3.63, 3.8) is 0 Å². The first kappa shape index (κ1) is 12.1. The van der Waals surface area contributed by atoms with E-state index < -0.39 is 29.2 Å². The molecule has 1 unspecified atom stereocenters. The van der Waals surface area contributed by atoms with Crippen molar-refractivity contribution in [1.82, 2.24) is 4.98 Å². The molecule has 1 aromatic rings. The normalized spacial score (nSPS) is 20.8. The Bertz CT molecular complexity index is 410. The van der Waals surface area contributed by atoms with Gasteiger partial charge in [-0.15, -0.1) is 0 Å². The highest BCUT2D eigenvalue weighted by Gasteiger charge is 2.29. The molecular weight excluding hydrogens is 236 g/mol. The van der Waals surface area contributed by atoms with Crippen LogP contribution in [0.4, 0.5) is 23.2 Å². The van der Waals surface area contributed by atoms with Crippen LogP contribution in [0.2, 0.25) is 0 Å². The number of halogens is 4. The van der Waals surface area contributed by atoms with Gasteiger partial charge in [0.2, 0.25) is 11.6 Å². The van der Waals surface area contributed by atoms with E-state index in [0.717, 1.165) is 19.3 Å². The third-order valence-corrected chi connectivity index (χ3v) is 3.06. The van der Waals surface area contributed by atoms with Gasteiger partial charge in [0, 0.05) is 12.6 Å². The van der Waals surface area contributed by atoms with Gasteiger partial charge in [-0.2, -0.15) is 22.5 Å². The third-order valence-electron chi connectivity index (χ3n) is 3.06. The van der Waals surface area contributed by atoms with Gasteiger partial charge >= 0.3 is 0 Å². The first-order valence-corrected chi connectivity index (χ1v) is 5.49. The zero-order valence-corrected chi connectivity index (χ0v) is 9.31. The average molecular weight is 248 g/mol. The molecule has 17 heavy (non-hydrogen) atoms. The Kier molecular flexibility index (Phi) is 3.22. The molecule has 94 valence electrons. The molecule has 0 amide bonds. The van der Waals surface area contributed by atoms with E-state index >= 15 is 0 Å². The molecule has 0 saturated carbocycles. The van der Waals surface area contributed by atoms with E-state index in [2.05, 4.69) is 4.98 Å². The van der Waals surface area contributed by atoms with Crippen LogP contribution in [-0.4, -0.2) is 17.6 Å². The number of pyridine rings is 1. The highest BCUT2D eigenvalue weighted by Crippen LogP contribution is 2.31. The lowest BCUT2D eigenvalue weighted by molar-refractivity contribution is 0.393. The zero-order chi connectivity index (χ0) is 12.6. The van der Waals surface area contributed by atoms with Crippen molar-refractivity contribution >= 4 is 5.69 Å². The van der Waals surface area contributed by atoms with Gasteiger partial charge in [-0.3, -0.25) is 0 Å². The number of piperidine rings is 1. The first-order chi connectivity index (χ1) is 8.02. The van der Waals surface area contributed by atoms with Gasteiger partial charge in [-0.25, -0.2) is 0 Å². The van der Waals surface area contributed by atoms with Crippen molar-refractivity contribution in [1.29, 1.82) is 0 Å². The van der Waals surface area contributed by atoms with Crippen LogP contribution in [-0.2, 0) is 0 Å². The molecule has 0 spiro atoms. The summed E-state index contributed by atoms with van der Waals surface area (Å²) in [5.74, 6) is -6.04. The fourth-order valence-corrected chi connectivity index (χ4v) is 2.16. The Morgan fingerprint density at radius 1 is 1.06 bits per heavy atom. The Labute approximate surface area is 96.3 Å². The lowest BCUT2D eigenvalue weighted by Gasteiger charge is -2.35. The van der Waals surface area contributed by atoms with Gasteiger partial charge in [-0.05, 0) is 26.2 Å². The summed E-state index contributed by atoms with van der Waals surface area (Å²) >= 11 is 0. The van der Waals surface area contributed by atoms with Crippen molar-refractivity contribution in [3.8, 4) is 0 Å². The fourth-order valence-electron chi connectivity index (χ4n) is 2.16. The Morgan fingerprint density at radius 3 is 2.18 bits per heavy atom. The number of hydrogen-bond donors (Lipinski definition) is 0. The number of anilines is 1. The number of hydrogen-bond acceptors (Lipinski definition) is 2. The highest BCUT2D eigenvalue weighted by atomic mass is 19.2. The van der Waals surface area contributed by atoms with Gasteiger partial charge in [0.15, 0.2) is 0 Å². The van der Waals surface area contributed by atoms with Crippen molar-refractivity contribution in [2.45, 2.75) is 32.2 Å². The predicted octanol–water partition coefficient (Wildman–Crippen LogP) is 3.02. The Morgan fingerprint density at radius 2 is 1.65 bits per heavy atom. The molecule has 0 aliphatic carbocycles. The predicted molar refractivity (Wildman–Crippen MR) is 54.7 cm³/mol. The molecule has 1 aliphatic heterocycles.